The van der Waals surface area contributed by atoms with Gasteiger partial charge in [0.2, 0.25) is 0 Å². The molecule has 0 fully saturated rings. The molecule has 2 atom stereocenters. The van der Waals surface area contributed by atoms with Crippen molar-refractivity contribution in [1.82, 2.24) is 0 Å². The predicted octanol–water partition coefficient (Wildman–Crippen LogP) is 4.80. The van der Waals surface area contributed by atoms with Crippen LogP contribution in [0.25, 0.3) is 0 Å². The van der Waals surface area contributed by atoms with Crippen LogP contribution in [-0.4, -0.2) is 6.04 Å². The van der Waals surface area contributed by atoms with Gasteiger partial charge >= 0.3 is 0 Å². The summed E-state index contributed by atoms with van der Waals surface area (Å²) in [5.41, 5.74) is 6.90. The lowest BCUT2D eigenvalue weighted by Crippen LogP contribution is -2.22. The number of nitrogens with two attached hydrogens (primary N) is 1. The van der Waals surface area contributed by atoms with Gasteiger partial charge in [0.15, 0.2) is 0 Å². The molecule has 5 heteroatoms. The molecule has 0 radical (unpaired) electrons. The van der Waals surface area contributed by atoms with Gasteiger partial charge in [-0.1, -0.05) is 23.7 Å². The first kappa shape index (κ1) is 15.3. The van der Waals surface area contributed by atoms with Crippen molar-refractivity contribution in [1.29, 1.82) is 0 Å². The van der Waals surface area contributed by atoms with Gasteiger partial charge in [-0.25, -0.2) is 8.78 Å². The number of rotatable bonds is 4. The number of halogens is 3. The summed E-state index contributed by atoms with van der Waals surface area (Å²) >= 11 is 7.07. The van der Waals surface area contributed by atoms with Gasteiger partial charge in [-0.05, 0) is 42.8 Å². The summed E-state index contributed by atoms with van der Waals surface area (Å²) in [5.74, 6) is -0.913. The van der Waals surface area contributed by atoms with E-state index in [0.29, 0.717) is 5.02 Å². The van der Waals surface area contributed by atoms with Crippen molar-refractivity contribution < 1.29 is 8.78 Å². The summed E-state index contributed by atoms with van der Waals surface area (Å²) in [5, 5.41) is 0.447. The zero-order valence-corrected chi connectivity index (χ0v) is 12.4. The van der Waals surface area contributed by atoms with Crippen LogP contribution in [0.4, 0.5) is 8.78 Å². The van der Waals surface area contributed by atoms with Gasteiger partial charge < -0.3 is 5.73 Å². The first-order valence-corrected chi connectivity index (χ1v) is 7.36. The van der Waals surface area contributed by atoms with Crippen LogP contribution in [0.3, 0.4) is 0 Å². The van der Waals surface area contributed by atoms with Crippen LogP contribution in [0.5, 0.6) is 0 Å². The summed E-state index contributed by atoms with van der Waals surface area (Å²) in [7, 11) is 0. The first-order valence-electron chi connectivity index (χ1n) is 6.10. The molecule has 0 spiro atoms. The Labute approximate surface area is 126 Å². The molecular formula is C15H14ClF2NS. The molecule has 0 saturated carbocycles. The van der Waals surface area contributed by atoms with Gasteiger partial charge in [0, 0.05) is 21.2 Å². The molecule has 0 aliphatic rings. The third-order valence-electron chi connectivity index (χ3n) is 2.82. The molecule has 106 valence electrons. The fourth-order valence-corrected chi connectivity index (χ4v) is 3.10. The molecule has 0 saturated heterocycles. The lowest BCUT2D eigenvalue weighted by atomic mass is 10.1. The highest BCUT2D eigenvalue weighted by Gasteiger charge is 2.19. The topological polar surface area (TPSA) is 26.0 Å². The highest BCUT2D eigenvalue weighted by molar-refractivity contribution is 7.99. The molecule has 2 aromatic carbocycles. The van der Waals surface area contributed by atoms with Crippen molar-refractivity contribution in [3.8, 4) is 0 Å². The van der Waals surface area contributed by atoms with E-state index in [4.69, 9.17) is 17.3 Å². The predicted molar refractivity (Wildman–Crippen MR) is 80.1 cm³/mol. The van der Waals surface area contributed by atoms with Gasteiger partial charge in [0.1, 0.15) is 11.6 Å². The van der Waals surface area contributed by atoms with Crippen molar-refractivity contribution in [3.63, 3.8) is 0 Å². The molecule has 2 aromatic rings. The van der Waals surface area contributed by atoms with Crippen molar-refractivity contribution in [2.45, 2.75) is 23.1 Å². The van der Waals surface area contributed by atoms with Gasteiger partial charge in [-0.3, -0.25) is 0 Å². The van der Waals surface area contributed by atoms with E-state index >= 15 is 0 Å². The minimum absolute atomic E-state index is 0.177. The molecule has 2 N–H and O–H groups in total. The van der Waals surface area contributed by atoms with E-state index < -0.39 is 11.6 Å². The van der Waals surface area contributed by atoms with E-state index in [1.807, 2.05) is 19.1 Å². The summed E-state index contributed by atoms with van der Waals surface area (Å²) < 4.78 is 26.9. The molecule has 0 bridgehead atoms. The van der Waals surface area contributed by atoms with Crippen LogP contribution in [0, 0.1) is 11.6 Å². The van der Waals surface area contributed by atoms with Crippen LogP contribution >= 0.6 is 23.4 Å². The quantitative estimate of drug-likeness (QED) is 0.821. The van der Waals surface area contributed by atoms with Crippen LogP contribution in [-0.2, 0) is 0 Å². The number of benzene rings is 2. The Balaban J connectivity index is 2.30. The third kappa shape index (κ3) is 3.72. The molecule has 0 amide bonds. The highest BCUT2D eigenvalue weighted by Crippen LogP contribution is 2.38. The van der Waals surface area contributed by atoms with Gasteiger partial charge in [-0.2, -0.15) is 0 Å². The van der Waals surface area contributed by atoms with E-state index in [1.165, 1.54) is 17.8 Å². The van der Waals surface area contributed by atoms with E-state index in [0.717, 1.165) is 17.7 Å². The van der Waals surface area contributed by atoms with Crippen LogP contribution in [0.2, 0.25) is 5.02 Å². The zero-order valence-electron chi connectivity index (χ0n) is 10.8. The Hall–Kier alpha value is -1.10. The maximum absolute atomic E-state index is 13.7. The lowest BCUT2D eigenvalue weighted by molar-refractivity contribution is 0.576. The van der Waals surface area contributed by atoms with E-state index in [2.05, 4.69) is 0 Å². The molecule has 0 aliphatic carbocycles. The van der Waals surface area contributed by atoms with Crippen LogP contribution < -0.4 is 5.73 Å². The van der Waals surface area contributed by atoms with E-state index in [9.17, 15) is 8.78 Å². The van der Waals surface area contributed by atoms with Crippen LogP contribution in [0.15, 0.2) is 47.4 Å². The molecule has 1 nitrogen and oxygen atoms in total. The number of hydrogen-bond acceptors (Lipinski definition) is 2. The van der Waals surface area contributed by atoms with Gasteiger partial charge in [-0.15, -0.1) is 11.8 Å². The first-order chi connectivity index (χ1) is 9.47. The normalized spacial score (nSPS) is 14.1. The standard InChI is InChI=1S/C15H14ClF2NS/c1-9(19)15(10-2-4-11(16)5-3-10)20-14-8-12(17)6-7-13(14)18/h2-9,15H,19H2,1H3. The summed E-state index contributed by atoms with van der Waals surface area (Å²) in [6, 6.07) is 10.4. The second kappa shape index (κ2) is 6.57. The smallest absolute Gasteiger partial charge is 0.136 e. The second-order valence-corrected chi connectivity index (χ2v) is 6.14. The molecular weight excluding hydrogens is 300 g/mol. The SMILES string of the molecule is CC(N)C(Sc1cc(F)ccc1F)c1ccc(Cl)cc1. The summed E-state index contributed by atoms with van der Waals surface area (Å²) in [6.45, 7) is 1.84. The molecule has 2 rings (SSSR count). The zero-order chi connectivity index (χ0) is 14.7. The minimum Gasteiger partial charge on any atom is -0.327 e. The second-order valence-electron chi connectivity index (χ2n) is 4.52. The Bertz CT molecular complexity index is 587. The Kier molecular flexibility index (Phi) is 5.02. The summed E-state index contributed by atoms with van der Waals surface area (Å²) in [4.78, 5) is 0.252. The largest absolute Gasteiger partial charge is 0.327 e. The molecule has 20 heavy (non-hydrogen) atoms. The molecule has 2 unspecified atom stereocenters. The maximum atomic E-state index is 13.7. The molecule has 0 aromatic heterocycles. The summed E-state index contributed by atoms with van der Waals surface area (Å²) in [6.07, 6.45) is 0. The number of hydrogen-bond donors (Lipinski definition) is 1. The Morgan fingerprint density at radius 2 is 1.75 bits per heavy atom. The maximum Gasteiger partial charge on any atom is 0.136 e. The van der Waals surface area contributed by atoms with Crippen molar-refractivity contribution in [2.24, 2.45) is 5.73 Å². The van der Waals surface area contributed by atoms with Crippen molar-refractivity contribution >= 4 is 23.4 Å². The molecule has 0 aliphatic heterocycles. The van der Waals surface area contributed by atoms with E-state index in [1.54, 1.807) is 12.1 Å². The van der Waals surface area contributed by atoms with Crippen molar-refractivity contribution in [3.05, 3.63) is 64.7 Å². The minimum atomic E-state index is -0.464. The highest BCUT2D eigenvalue weighted by atomic mass is 35.5. The average Bonchev–Trinajstić information content (AvgIpc) is 2.40. The van der Waals surface area contributed by atoms with E-state index in [-0.39, 0.29) is 16.2 Å². The third-order valence-corrected chi connectivity index (χ3v) is 4.60. The Morgan fingerprint density at radius 3 is 2.35 bits per heavy atom. The van der Waals surface area contributed by atoms with Gasteiger partial charge in [0.25, 0.3) is 0 Å². The fraction of sp³-hybridized carbons (Fsp3) is 0.200. The molecule has 0 heterocycles. The Morgan fingerprint density at radius 1 is 1.10 bits per heavy atom. The monoisotopic (exact) mass is 313 g/mol. The number of thioether (sulfide) groups is 1. The van der Waals surface area contributed by atoms with Gasteiger partial charge in [0.05, 0.1) is 0 Å². The van der Waals surface area contributed by atoms with Crippen LogP contribution in [0.1, 0.15) is 17.7 Å². The average molecular weight is 314 g/mol. The fourth-order valence-electron chi connectivity index (χ4n) is 1.84. The van der Waals surface area contributed by atoms with Crippen molar-refractivity contribution in [2.75, 3.05) is 0 Å². The lowest BCUT2D eigenvalue weighted by Gasteiger charge is -2.21.